The molecular formula is C14H18O4. The third kappa shape index (κ3) is 2.58. The van der Waals surface area contributed by atoms with Crippen LogP contribution < -0.4 is 9.47 Å². The molecule has 1 aromatic carbocycles. The van der Waals surface area contributed by atoms with Crippen molar-refractivity contribution in [2.45, 2.75) is 25.2 Å². The highest BCUT2D eigenvalue weighted by Gasteiger charge is 2.33. The second-order valence-corrected chi connectivity index (χ2v) is 4.74. The summed E-state index contributed by atoms with van der Waals surface area (Å²) < 4.78 is 10.5. The van der Waals surface area contributed by atoms with Gasteiger partial charge in [-0.05, 0) is 36.3 Å². The van der Waals surface area contributed by atoms with E-state index >= 15 is 0 Å². The van der Waals surface area contributed by atoms with Crippen LogP contribution in [0.2, 0.25) is 0 Å². The Morgan fingerprint density at radius 1 is 1.33 bits per heavy atom. The van der Waals surface area contributed by atoms with E-state index in [0.717, 1.165) is 29.9 Å². The fraction of sp³-hybridized carbons (Fsp3) is 0.500. The number of aliphatic carboxylic acids is 1. The molecule has 4 nitrogen and oxygen atoms in total. The van der Waals surface area contributed by atoms with E-state index < -0.39 is 5.97 Å². The molecule has 4 heteroatoms. The fourth-order valence-electron chi connectivity index (χ4n) is 2.56. The molecule has 2 rings (SSSR count). The van der Waals surface area contributed by atoms with Crippen molar-refractivity contribution in [2.75, 3.05) is 14.2 Å². The molecular weight excluding hydrogens is 232 g/mol. The first-order valence-electron chi connectivity index (χ1n) is 6.07. The monoisotopic (exact) mass is 250 g/mol. The Labute approximate surface area is 107 Å². The van der Waals surface area contributed by atoms with E-state index in [9.17, 15) is 4.79 Å². The SMILES string of the molecule is COc1ccc(C2CC(CC(=O)O)C2)c(OC)c1. The minimum Gasteiger partial charge on any atom is -0.497 e. The highest BCUT2D eigenvalue weighted by molar-refractivity contribution is 5.67. The van der Waals surface area contributed by atoms with Crippen LogP contribution in [-0.4, -0.2) is 25.3 Å². The maximum atomic E-state index is 10.6. The molecule has 0 bridgehead atoms. The molecule has 1 aromatic rings. The topological polar surface area (TPSA) is 55.8 Å². The Balaban J connectivity index is 2.04. The molecule has 0 radical (unpaired) electrons. The Kier molecular flexibility index (Phi) is 3.75. The number of methoxy groups -OCH3 is 2. The Morgan fingerprint density at radius 3 is 2.61 bits per heavy atom. The first kappa shape index (κ1) is 12.7. The molecule has 1 N–H and O–H groups in total. The van der Waals surface area contributed by atoms with Gasteiger partial charge < -0.3 is 14.6 Å². The second kappa shape index (κ2) is 5.29. The van der Waals surface area contributed by atoms with E-state index in [2.05, 4.69) is 0 Å². The summed E-state index contributed by atoms with van der Waals surface area (Å²) in [6.45, 7) is 0. The predicted octanol–water partition coefficient (Wildman–Crippen LogP) is 2.67. The summed E-state index contributed by atoms with van der Waals surface area (Å²) in [5.74, 6) is 1.61. The van der Waals surface area contributed by atoms with E-state index in [0.29, 0.717) is 11.8 Å². The van der Waals surface area contributed by atoms with Gasteiger partial charge in [0, 0.05) is 12.5 Å². The van der Waals surface area contributed by atoms with E-state index in [1.54, 1.807) is 14.2 Å². The van der Waals surface area contributed by atoms with Crippen molar-refractivity contribution in [3.05, 3.63) is 23.8 Å². The molecule has 0 unspecified atom stereocenters. The smallest absolute Gasteiger partial charge is 0.303 e. The number of carbonyl (C=O) groups is 1. The summed E-state index contributed by atoms with van der Waals surface area (Å²) >= 11 is 0. The van der Waals surface area contributed by atoms with Crippen molar-refractivity contribution < 1.29 is 19.4 Å². The van der Waals surface area contributed by atoms with Gasteiger partial charge in [0.25, 0.3) is 0 Å². The number of benzene rings is 1. The number of ether oxygens (including phenoxy) is 2. The Hall–Kier alpha value is -1.71. The molecule has 0 aliphatic heterocycles. The number of carboxylic acids is 1. The first-order valence-corrected chi connectivity index (χ1v) is 6.07. The molecule has 0 spiro atoms. The van der Waals surface area contributed by atoms with Crippen LogP contribution in [0.1, 0.15) is 30.7 Å². The minimum atomic E-state index is -0.708. The Bertz CT molecular complexity index is 435. The molecule has 1 saturated carbocycles. The summed E-state index contributed by atoms with van der Waals surface area (Å²) in [5, 5.41) is 8.73. The van der Waals surface area contributed by atoms with Gasteiger partial charge in [-0.3, -0.25) is 4.79 Å². The first-order chi connectivity index (χ1) is 8.63. The highest BCUT2D eigenvalue weighted by Crippen LogP contribution is 2.46. The van der Waals surface area contributed by atoms with Crippen molar-refractivity contribution in [3.63, 3.8) is 0 Å². The zero-order valence-corrected chi connectivity index (χ0v) is 10.7. The van der Waals surface area contributed by atoms with Gasteiger partial charge in [-0.1, -0.05) is 6.07 Å². The van der Waals surface area contributed by atoms with Gasteiger partial charge >= 0.3 is 5.97 Å². The van der Waals surface area contributed by atoms with Crippen LogP contribution in [0.5, 0.6) is 11.5 Å². The van der Waals surface area contributed by atoms with Gasteiger partial charge in [0.1, 0.15) is 11.5 Å². The van der Waals surface area contributed by atoms with Crippen molar-refractivity contribution in [1.82, 2.24) is 0 Å². The fourth-order valence-corrected chi connectivity index (χ4v) is 2.56. The number of hydrogen-bond donors (Lipinski definition) is 1. The van der Waals surface area contributed by atoms with Crippen molar-refractivity contribution in [2.24, 2.45) is 5.92 Å². The molecule has 0 heterocycles. The van der Waals surface area contributed by atoms with Crippen molar-refractivity contribution >= 4 is 5.97 Å². The lowest BCUT2D eigenvalue weighted by Crippen LogP contribution is -2.24. The van der Waals surface area contributed by atoms with Crippen LogP contribution in [0.15, 0.2) is 18.2 Å². The van der Waals surface area contributed by atoms with Gasteiger partial charge in [0.05, 0.1) is 14.2 Å². The van der Waals surface area contributed by atoms with Crippen LogP contribution >= 0.6 is 0 Å². The molecule has 1 aliphatic carbocycles. The van der Waals surface area contributed by atoms with Gasteiger partial charge in [-0.2, -0.15) is 0 Å². The summed E-state index contributed by atoms with van der Waals surface area (Å²) in [4.78, 5) is 10.6. The zero-order valence-electron chi connectivity index (χ0n) is 10.7. The molecule has 98 valence electrons. The van der Waals surface area contributed by atoms with Crippen molar-refractivity contribution in [1.29, 1.82) is 0 Å². The average molecular weight is 250 g/mol. The van der Waals surface area contributed by atoms with E-state index in [1.807, 2.05) is 18.2 Å². The summed E-state index contributed by atoms with van der Waals surface area (Å²) in [7, 11) is 3.27. The molecule has 1 aliphatic rings. The zero-order chi connectivity index (χ0) is 13.1. The normalized spacial score (nSPS) is 22.1. The second-order valence-electron chi connectivity index (χ2n) is 4.74. The third-order valence-electron chi connectivity index (χ3n) is 3.58. The summed E-state index contributed by atoms with van der Waals surface area (Å²) in [6.07, 6.45) is 2.12. The lowest BCUT2D eigenvalue weighted by atomic mass is 9.70. The quantitative estimate of drug-likeness (QED) is 0.872. The molecule has 1 fully saturated rings. The summed E-state index contributed by atoms with van der Waals surface area (Å²) in [5.41, 5.74) is 1.15. The van der Waals surface area contributed by atoms with Crippen LogP contribution in [0.4, 0.5) is 0 Å². The maximum Gasteiger partial charge on any atom is 0.303 e. The number of carboxylic acid groups (broad SMARTS) is 1. The third-order valence-corrected chi connectivity index (χ3v) is 3.58. The maximum absolute atomic E-state index is 10.6. The van der Waals surface area contributed by atoms with Crippen molar-refractivity contribution in [3.8, 4) is 11.5 Å². The predicted molar refractivity (Wildman–Crippen MR) is 67.3 cm³/mol. The van der Waals surface area contributed by atoms with E-state index in [4.69, 9.17) is 14.6 Å². The molecule has 0 atom stereocenters. The minimum absolute atomic E-state index is 0.273. The van der Waals surface area contributed by atoms with Gasteiger partial charge in [0.2, 0.25) is 0 Å². The molecule has 0 amide bonds. The number of rotatable bonds is 5. The largest absolute Gasteiger partial charge is 0.497 e. The van der Waals surface area contributed by atoms with Gasteiger partial charge in [-0.25, -0.2) is 0 Å². The lowest BCUT2D eigenvalue weighted by molar-refractivity contribution is -0.138. The van der Waals surface area contributed by atoms with E-state index in [1.165, 1.54) is 0 Å². The van der Waals surface area contributed by atoms with Gasteiger partial charge in [-0.15, -0.1) is 0 Å². The molecule has 18 heavy (non-hydrogen) atoms. The van der Waals surface area contributed by atoms with Crippen LogP contribution in [0.3, 0.4) is 0 Å². The Morgan fingerprint density at radius 2 is 2.06 bits per heavy atom. The summed E-state index contributed by atoms with van der Waals surface area (Å²) in [6, 6.07) is 5.81. The van der Waals surface area contributed by atoms with Gasteiger partial charge in [0.15, 0.2) is 0 Å². The average Bonchev–Trinajstić information content (AvgIpc) is 2.32. The highest BCUT2D eigenvalue weighted by atomic mass is 16.5. The molecule has 0 aromatic heterocycles. The lowest BCUT2D eigenvalue weighted by Gasteiger charge is -2.35. The molecule has 0 saturated heterocycles. The van der Waals surface area contributed by atoms with Crippen LogP contribution in [-0.2, 0) is 4.79 Å². The van der Waals surface area contributed by atoms with E-state index in [-0.39, 0.29) is 6.42 Å². The number of hydrogen-bond acceptors (Lipinski definition) is 3. The van der Waals surface area contributed by atoms with Crippen LogP contribution in [0, 0.1) is 5.92 Å². The van der Waals surface area contributed by atoms with Crippen LogP contribution in [0.25, 0.3) is 0 Å². The standard InChI is InChI=1S/C14H18O4/c1-17-11-3-4-12(13(8-11)18-2)10-5-9(6-10)7-14(15)16/h3-4,8-10H,5-7H2,1-2H3,(H,15,16).